The number of benzene rings is 1. The van der Waals surface area contributed by atoms with Gasteiger partial charge in [0.25, 0.3) is 0 Å². The van der Waals surface area contributed by atoms with E-state index in [1.54, 1.807) is 4.90 Å². The Morgan fingerprint density at radius 1 is 1.48 bits per heavy atom. The monoisotopic (exact) mass is 285 g/mol. The van der Waals surface area contributed by atoms with Crippen LogP contribution in [-0.4, -0.2) is 29.6 Å². The summed E-state index contributed by atoms with van der Waals surface area (Å²) in [6, 6.07) is 10.0. The van der Waals surface area contributed by atoms with Gasteiger partial charge in [0.05, 0.1) is 12.5 Å². The van der Waals surface area contributed by atoms with E-state index in [0.717, 1.165) is 23.6 Å². The molecule has 1 aliphatic heterocycles. The van der Waals surface area contributed by atoms with Gasteiger partial charge in [-0.25, -0.2) is 0 Å². The van der Waals surface area contributed by atoms with Gasteiger partial charge in [0.2, 0.25) is 5.91 Å². The largest absolute Gasteiger partial charge is 0.384 e. The number of carbonyl (C=O) groups is 1. The first-order valence-electron chi connectivity index (χ1n) is 7.12. The van der Waals surface area contributed by atoms with Crippen LogP contribution in [0.25, 0.3) is 0 Å². The maximum Gasteiger partial charge on any atom is 0.227 e. The molecule has 0 fully saturated rings. The maximum atomic E-state index is 12.5. The average molecular weight is 285 g/mol. The number of anilines is 1. The van der Waals surface area contributed by atoms with E-state index in [-0.39, 0.29) is 11.8 Å². The molecule has 0 spiro atoms. The third-order valence-electron chi connectivity index (χ3n) is 3.82. The summed E-state index contributed by atoms with van der Waals surface area (Å²) in [5.41, 5.74) is 3.12. The predicted molar refractivity (Wildman–Crippen MR) is 79.8 cm³/mol. The van der Waals surface area contributed by atoms with E-state index in [0.29, 0.717) is 13.1 Å². The van der Waals surface area contributed by atoms with E-state index in [2.05, 4.69) is 22.6 Å². The lowest BCUT2D eigenvalue weighted by Crippen LogP contribution is -2.39. The normalized spacial score (nSPS) is 17.0. The second-order valence-corrected chi connectivity index (χ2v) is 5.56. The fraction of sp³-hybridized carbons (Fsp3) is 0.375. The van der Waals surface area contributed by atoms with Gasteiger partial charge in [-0.2, -0.15) is 0 Å². The first kappa shape index (κ1) is 13.7. The van der Waals surface area contributed by atoms with E-state index in [4.69, 9.17) is 4.52 Å². The van der Waals surface area contributed by atoms with Crippen molar-refractivity contribution < 1.29 is 9.32 Å². The number of aryl methyl sites for hydroxylation is 1. The second-order valence-electron chi connectivity index (χ2n) is 5.56. The molecule has 0 aliphatic carbocycles. The van der Waals surface area contributed by atoms with Crippen LogP contribution in [0.15, 0.2) is 34.9 Å². The Hall–Kier alpha value is -2.30. The molecule has 1 amide bonds. The number of hydrogen-bond donors (Lipinski definition) is 1. The van der Waals surface area contributed by atoms with E-state index >= 15 is 0 Å². The van der Waals surface area contributed by atoms with Gasteiger partial charge in [-0.3, -0.25) is 4.79 Å². The highest BCUT2D eigenvalue weighted by molar-refractivity contribution is 5.80. The molecule has 21 heavy (non-hydrogen) atoms. The van der Waals surface area contributed by atoms with E-state index in [9.17, 15) is 4.79 Å². The number of aromatic nitrogens is 1. The zero-order valence-corrected chi connectivity index (χ0v) is 12.3. The Kier molecular flexibility index (Phi) is 3.64. The van der Waals surface area contributed by atoms with Crippen molar-refractivity contribution in [1.82, 2.24) is 10.1 Å². The quantitative estimate of drug-likeness (QED) is 0.939. The molecular weight excluding hydrogens is 266 g/mol. The minimum Gasteiger partial charge on any atom is -0.384 e. The Bertz CT molecular complexity index is 650. The van der Waals surface area contributed by atoms with Crippen molar-refractivity contribution in [3.8, 4) is 0 Å². The molecule has 1 unspecified atom stereocenters. The summed E-state index contributed by atoms with van der Waals surface area (Å²) >= 11 is 0. The molecule has 0 saturated heterocycles. The molecule has 0 saturated carbocycles. The molecule has 1 aromatic carbocycles. The predicted octanol–water partition coefficient (Wildman–Crippen LogP) is 2.23. The molecule has 1 aliphatic rings. The topological polar surface area (TPSA) is 58.4 Å². The number of hydrogen-bond acceptors (Lipinski definition) is 4. The van der Waals surface area contributed by atoms with Crippen molar-refractivity contribution >= 4 is 11.6 Å². The highest BCUT2D eigenvalue weighted by Crippen LogP contribution is 2.25. The number of nitrogens with zero attached hydrogens (tertiary/aromatic N) is 2. The first-order valence-corrected chi connectivity index (χ1v) is 7.12. The smallest absolute Gasteiger partial charge is 0.227 e. The maximum absolute atomic E-state index is 12.5. The van der Waals surface area contributed by atoms with Gasteiger partial charge < -0.3 is 14.7 Å². The van der Waals surface area contributed by atoms with Crippen molar-refractivity contribution in [2.45, 2.75) is 19.9 Å². The summed E-state index contributed by atoms with van der Waals surface area (Å²) < 4.78 is 5.04. The molecule has 110 valence electrons. The van der Waals surface area contributed by atoms with Crippen LogP contribution in [0.5, 0.6) is 0 Å². The SMILES string of the molecule is Cc1cc(CN(C)C(=O)C2CNc3ccccc3C2)no1. The summed E-state index contributed by atoms with van der Waals surface area (Å²) in [6.07, 6.45) is 0.782. The van der Waals surface area contributed by atoms with Crippen LogP contribution in [0, 0.1) is 12.8 Å². The molecule has 5 heteroatoms. The van der Waals surface area contributed by atoms with Gasteiger partial charge in [0.1, 0.15) is 11.5 Å². The van der Waals surface area contributed by atoms with Crippen LogP contribution >= 0.6 is 0 Å². The van der Waals surface area contributed by atoms with Gasteiger partial charge in [-0.05, 0) is 25.0 Å². The molecule has 2 heterocycles. The Morgan fingerprint density at radius 3 is 3.05 bits per heavy atom. The molecule has 0 bridgehead atoms. The molecule has 1 aromatic heterocycles. The molecule has 0 radical (unpaired) electrons. The lowest BCUT2D eigenvalue weighted by atomic mass is 9.93. The average Bonchev–Trinajstić information content (AvgIpc) is 2.91. The Morgan fingerprint density at radius 2 is 2.29 bits per heavy atom. The second kappa shape index (κ2) is 5.60. The minimum absolute atomic E-state index is 0.0297. The van der Waals surface area contributed by atoms with Crippen molar-refractivity contribution in [2.75, 3.05) is 18.9 Å². The van der Waals surface area contributed by atoms with Crippen LogP contribution in [0.4, 0.5) is 5.69 Å². The number of para-hydroxylation sites is 1. The van der Waals surface area contributed by atoms with Crippen molar-refractivity contribution in [1.29, 1.82) is 0 Å². The lowest BCUT2D eigenvalue weighted by molar-refractivity contribution is -0.134. The van der Waals surface area contributed by atoms with E-state index < -0.39 is 0 Å². The van der Waals surface area contributed by atoms with Crippen molar-refractivity contribution in [3.05, 3.63) is 47.3 Å². The molecule has 2 aromatic rings. The third-order valence-corrected chi connectivity index (χ3v) is 3.82. The number of nitrogens with one attached hydrogen (secondary N) is 1. The van der Waals surface area contributed by atoms with Gasteiger partial charge in [0.15, 0.2) is 0 Å². The molecule has 1 N–H and O–H groups in total. The van der Waals surface area contributed by atoms with Crippen LogP contribution in [0.1, 0.15) is 17.0 Å². The zero-order chi connectivity index (χ0) is 14.8. The molecular formula is C16H19N3O2. The van der Waals surface area contributed by atoms with Gasteiger partial charge >= 0.3 is 0 Å². The van der Waals surface area contributed by atoms with Crippen LogP contribution < -0.4 is 5.32 Å². The number of carbonyl (C=O) groups excluding carboxylic acids is 1. The van der Waals surface area contributed by atoms with Crippen LogP contribution in [0.3, 0.4) is 0 Å². The summed E-state index contributed by atoms with van der Waals surface area (Å²) in [4.78, 5) is 14.3. The molecule has 3 rings (SSSR count). The zero-order valence-electron chi connectivity index (χ0n) is 12.3. The summed E-state index contributed by atoms with van der Waals surface area (Å²) in [5.74, 6) is 0.870. The summed E-state index contributed by atoms with van der Waals surface area (Å²) in [6.45, 7) is 3.01. The third kappa shape index (κ3) is 2.91. The Balaban J connectivity index is 1.66. The number of fused-ring (bicyclic) bond motifs is 1. The van der Waals surface area contributed by atoms with Gasteiger partial charge in [-0.15, -0.1) is 0 Å². The fourth-order valence-corrected chi connectivity index (χ4v) is 2.74. The van der Waals surface area contributed by atoms with Gasteiger partial charge in [0, 0.05) is 25.3 Å². The highest BCUT2D eigenvalue weighted by Gasteiger charge is 2.27. The standard InChI is InChI=1S/C16H19N3O2/c1-11-7-14(18-21-11)10-19(2)16(20)13-8-12-5-3-4-6-15(12)17-9-13/h3-7,13,17H,8-10H2,1-2H3. The lowest BCUT2D eigenvalue weighted by Gasteiger charge is -2.28. The van der Waals surface area contributed by atoms with Crippen molar-refractivity contribution in [3.63, 3.8) is 0 Å². The summed E-state index contributed by atoms with van der Waals surface area (Å²) in [5, 5.41) is 7.27. The number of rotatable bonds is 3. The van der Waals surface area contributed by atoms with E-state index in [1.807, 2.05) is 32.2 Å². The minimum atomic E-state index is -0.0297. The van der Waals surface area contributed by atoms with Crippen molar-refractivity contribution in [2.24, 2.45) is 5.92 Å². The van der Waals surface area contributed by atoms with Gasteiger partial charge in [-0.1, -0.05) is 23.4 Å². The Labute approximate surface area is 123 Å². The van der Waals surface area contributed by atoms with Crippen LogP contribution in [0.2, 0.25) is 0 Å². The summed E-state index contributed by atoms with van der Waals surface area (Å²) in [7, 11) is 1.81. The molecule has 1 atom stereocenters. The first-order chi connectivity index (χ1) is 10.1. The fourth-order valence-electron chi connectivity index (χ4n) is 2.74. The number of amides is 1. The highest BCUT2D eigenvalue weighted by atomic mass is 16.5. The van der Waals surface area contributed by atoms with Crippen LogP contribution in [-0.2, 0) is 17.8 Å². The molecule has 5 nitrogen and oxygen atoms in total. The van der Waals surface area contributed by atoms with E-state index in [1.165, 1.54) is 5.56 Å².